The fourth-order valence-electron chi connectivity index (χ4n) is 3.18. The van der Waals surface area contributed by atoms with Crippen molar-refractivity contribution >= 4 is 11.0 Å². The van der Waals surface area contributed by atoms with Crippen LogP contribution in [0.1, 0.15) is 22.7 Å². The van der Waals surface area contributed by atoms with Gasteiger partial charge in [0, 0.05) is 25.2 Å². The van der Waals surface area contributed by atoms with Gasteiger partial charge in [0.05, 0.1) is 16.7 Å². The summed E-state index contributed by atoms with van der Waals surface area (Å²) in [6, 6.07) is 16.7. The molecule has 0 aliphatic carbocycles. The molecular formula is C18H17N3. The molecule has 3 nitrogen and oxygen atoms in total. The van der Waals surface area contributed by atoms with E-state index >= 15 is 0 Å². The summed E-state index contributed by atoms with van der Waals surface area (Å²) >= 11 is 0. The van der Waals surface area contributed by atoms with Crippen molar-refractivity contribution in [2.75, 3.05) is 13.6 Å². The SMILES string of the molecule is CN1Cc2ccccc2C(c2cnc3ccccc3n2)C1. The lowest BCUT2D eigenvalue weighted by Gasteiger charge is -2.31. The van der Waals surface area contributed by atoms with Crippen LogP contribution in [0, 0.1) is 0 Å². The minimum Gasteiger partial charge on any atom is -0.301 e. The molecule has 0 N–H and O–H groups in total. The lowest BCUT2D eigenvalue weighted by atomic mass is 9.88. The lowest BCUT2D eigenvalue weighted by molar-refractivity contribution is 0.293. The van der Waals surface area contributed by atoms with Crippen LogP contribution in [0.4, 0.5) is 0 Å². The van der Waals surface area contributed by atoms with Crippen LogP contribution in [0.5, 0.6) is 0 Å². The molecule has 1 aromatic heterocycles. The topological polar surface area (TPSA) is 29.0 Å². The number of rotatable bonds is 1. The minimum absolute atomic E-state index is 0.303. The standard InChI is InChI=1S/C18H17N3/c1-21-11-13-6-2-3-7-14(13)15(12-21)18-10-19-16-8-4-5-9-17(16)20-18/h2-10,15H,11-12H2,1H3. The van der Waals surface area contributed by atoms with Crippen LogP contribution >= 0.6 is 0 Å². The number of para-hydroxylation sites is 2. The Kier molecular flexibility index (Phi) is 2.93. The minimum atomic E-state index is 0.303. The molecule has 3 heteroatoms. The first-order valence-electron chi connectivity index (χ1n) is 7.29. The summed E-state index contributed by atoms with van der Waals surface area (Å²) < 4.78 is 0. The molecule has 0 saturated heterocycles. The van der Waals surface area contributed by atoms with Gasteiger partial charge in [-0.25, -0.2) is 4.98 Å². The molecular weight excluding hydrogens is 258 g/mol. The summed E-state index contributed by atoms with van der Waals surface area (Å²) in [4.78, 5) is 11.8. The quantitative estimate of drug-likeness (QED) is 0.683. The monoisotopic (exact) mass is 275 g/mol. The van der Waals surface area contributed by atoms with E-state index in [1.54, 1.807) is 0 Å². The zero-order chi connectivity index (χ0) is 14.2. The van der Waals surface area contributed by atoms with Crippen molar-refractivity contribution in [2.24, 2.45) is 0 Å². The number of likely N-dealkylation sites (N-methyl/N-ethyl adjacent to an activating group) is 1. The van der Waals surface area contributed by atoms with Crippen LogP contribution in [0.3, 0.4) is 0 Å². The van der Waals surface area contributed by atoms with Gasteiger partial charge < -0.3 is 4.90 Å². The van der Waals surface area contributed by atoms with Gasteiger partial charge in [-0.05, 0) is 30.3 Å². The van der Waals surface area contributed by atoms with Crippen molar-refractivity contribution in [3.05, 3.63) is 71.5 Å². The van der Waals surface area contributed by atoms with Crippen LogP contribution in [-0.4, -0.2) is 28.5 Å². The van der Waals surface area contributed by atoms with E-state index in [1.165, 1.54) is 11.1 Å². The van der Waals surface area contributed by atoms with Crippen molar-refractivity contribution in [3.63, 3.8) is 0 Å². The fourth-order valence-corrected chi connectivity index (χ4v) is 3.18. The summed E-state index contributed by atoms with van der Waals surface area (Å²) in [6.45, 7) is 2.00. The third-order valence-electron chi connectivity index (χ3n) is 4.19. The Hall–Kier alpha value is -2.26. The molecule has 0 radical (unpaired) electrons. The average molecular weight is 275 g/mol. The van der Waals surface area contributed by atoms with Gasteiger partial charge in [0.2, 0.25) is 0 Å². The molecule has 4 rings (SSSR count). The zero-order valence-electron chi connectivity index (χ0n) is 12.0. The van der Waals surface area contributed by atoms with Gasteiger partial charge in [-0.1, -0.05) is 36.4 Å². The summed E-state index contributed by atoms with van der Waals surface area (Å²) in [6.07, 6.45) is 1.93. The third-order valence-corrected chi connectivity index (χ3v) is 4.19. The van der Waals surface area contributed by atoms with Crippen LogP contribution in [0.15, 0.2) is 54.7 Å². The highest BCUT2D eigenvalue weighted by atomic mass is 15.1. The molecule has 0 bridgehead atoms. The van der Waals surface area contributed by atoms with Gasteiger partial charge in [-0.2, -0.15) is 0 Å². The molecule has 0 fully saturated rings. The van der Waals surface area contributed by atoms with E-state index in [-0.39, 0.29) is 0 Å². The van der Waals surface area contributed by atoms with Crippen molar-refractivity contribution < 1.29 is 0 Å². The van der Waals surface area contributed by atoms with Gasteiger partial charge in [-0.15, -0.1) is 0 Å². The highest BCUT2D eigenvalue weighted by Gasteiger charge is 2.25. The molecule has 104 valence electrons. The first kappa shape index (κ1) is 12.5. The second kappa shape index (κ2) is 4.93. The van der Waals surface area contributed by atoms with Gasteiger partial charge in [-0.3, -0.25) is 4.98 Å². The molecule has 21 heavy (non-hydrogen) atoms. The molecule has 0 amide bonds. The first-order chi connectivity index (χ1) is 10.3. The average Bonchev–Trinajstić information content (AvgIpc) is 2.53. The Bertz CT molecular complexity index is 797. The molecule has 2 aromatic carbocycles. The van der Waals surface area contributed by atoms with E-state index < -0.39 is 0 Å². The predicted octanol–water partition coefficient (Wildman–Crippen LogP) is 3.21. The molecule has 0 saturated carbocycles. The highest BCUT2D eigenvalue weighted by molar-refractivity contribution is 5.73. The Morgan fingerprint density at radius 2 is 1.76 bits per heavy atom. The number of aromatic nitrogens is 2. The second-order valence-corrected chi connectivity index (χ2v) is 5.73. The van der Waals surface area contributed by atoms with Crippen molar-refractivity contribution in [3.8, 4) is 0 Å². The normalized spacial score (nSPS) is 18.6. The third kappa shape index (κ3) is 2.20. The molecule has 1 aliphatic rings. The zero-order valence-corrected chi connectivity index (χ0v) is 12.0. The fraction of sp³-hybridized carbons (Fsp3) is 0.222. The van der Waals surface area contributed by atoms with Crippen LogP contribution in [0.25, 0.3) is 11.0 Å². The molecule has 0 spiro atoms. The Morgan fingerprint density at radius 1 is 1.00 bits per heavy atom. The summed E-state index contributed by atoms with van der Waals surface area (Å²) in [7, 11) is 2.16. The lowest BCUT2D eigenvalue weighted by Crippen LogP contribution is -2.31. The van der Waals surface area contributed by atoms with Crippen LogP contribution < -0.4 is 0 Å². The van der Waals surface area contributed by atoms with Gasteiger partial charge in [0.1, 0.15) is 0 Å². The first-order valence-corrected chi connectivity index (χ1v) is 7.29. The second-order valence-electron chi connectivity index (χ2n) is 5.73. The molecule has 1 atom stereocenters. The van der Waals surface area contributed by atoms with E-state index in [1.807, 2.05) is 30.5 Å². The van der Waals surface area contributed by atoms with E-state index in [0.29, 0.717) is 5.92 Å². The van der Waals surface area contributed by atoms with Crippen molar-refractivity contribution in [1.29, 1.82) is 0 Å². The van der Waals surface area contributed by atoms with E-state index in [2.05, 4.69) is 41.2 Å². The number of hydrogen-bond donors (Lipinski definition) is 0. The van der Waals surface area contributed by atoms with Crippen molar-refractivity contribution in [1.82, 2.24) is 14.9 Å². The molecule has 1 aliphatic heterocycles. The van der Waals surface area contributed by atoms with Crippen LogP contribution in [0.2, 0.25) is 0 Å². The number of hydrogen-bond acceptors (Lipinski definition) is 3. The largest absolute Gasteiger partial charge is 0.301 e. The molecule has 1 unspecified atom stereocenters. The van der Waals surface area contributed by atoms with E-state index in [4.69, 9.17) is 4.98 Å². The van der Waals surface area contributed by atoms with Gasteiger partial charge in [0.25, 0.3) is 0 Å². The Labute approximate surface area is 124 Å². The molecule has 2 heterocycles. The van der Waals surface area contributed by atoms with Gasteiger partial charge in [0.15, 0.2) is 0 Å². The smallest absolute Gasteiger partial charge is 0.0890 e. The summed E-state index contributed by atoms with van der Waals surface area (Å²) in [5.41, 5.74) is 5.78. The van der Waals surface area contributed by atoms with Gasteiger partial charge >= 0.3 is 0 Å². The van der Waals surface area contributed by atoms with E-state index in [0.717, 1.165) is 29.8 Å². The number of fused-ring (bicyclic) bond motifs is 2. The Balaban J connectivity index is 1.84. The van der Waals surface area contributed by atoms with Crippen LogP contribution in [-0.2, 0) is 6.54 Å². The molecule has 3 aromatic rings. The highest BCUT2D eigenvalue weighted by Crippen LogP contribution is 2.32. The number of benzene rings is 2. The van der Waals surface area contributed by atoms with E-state index in [9.17, 15) is 0 Å². The number of nitrogens with zero attached hydrogens (tertiary/aromatic N) is 3. The maximum Gasteiger partial charge on any atom is 0.0890 e. The van der Waals surface area contributed by atoms with Crippen molar-refractivity contribution in [2.45, 2.75) is 12.5 Å². The maximum atomic E-state index is 4.84. The predicted molar refractivity (Wildman–Crippen MR) is 84.2 cm³/mol. The summed E-state index contributed by atoms with van der Waals surface area (Å²) in [5.74, 6) is 0.303. The Morgan fingerprint density at radius 3 is 2.67 bits per heavy atom. The maximum absolute atomic E-state index is 4.84. The summed E-state index contributed by atoms with van der Waals surface area (Å²) in [5, 5.41) is 0.